The fourth-order valence-corrected chi connectivity index (χ4v) is 3.38. The van der Waals surface area contributed by atoms with Crippen LogP contribution < -0.4 is 5.73 Å². The van der Waals surface area contributed by atoms with Gasteiger partial charge in [0.05, 0.1) is 0 Å². The maximum atomic E-state index is 11.9. The second-order valence-electron chi connectivity index (χ2n) is 7.39. The average Bonchev–Trinajstić information content (AvgIpc) is 2.42. The molecule has 5 nitrogen and oxygen atoms in total. The molecule has 0 aromatic heterocycles. The Morgan fingerprint density at radius 2 is 2.19 bits per heavy atom. The van der Waals surface area contributed by atoms with Crippen molar-refractivity contribution in [3.8, 4) is 0 Å². The predicted octanol–water partition coefficient (Wildman–Crippen LogP) is 2.54. The molecule has 0 unspecified atom stereocenters. The highest BCUT2D eigenvalue weighted by Crippen LogP contribution is 2.18. The van der Waals surface area contributed by atoms with E-state index in [9.17, 15) is 4.79 Å². The summed E-state index contributed by atoms with van der Waals surface area (Å²) in [6.45, 7) is 9.62. The Balaban J connectivity index is 2.18. The van der Waals surface area contributed by atoms with Crippen molar-refractivity contribution in [1.29, 1.82) is 0 Å². The Morgan fingerprint density at radius 1 is 1.48 bits per heavy atom. The van der Waals surface area contributed by atoms with E-state index < -0.39 is 8.07 Å². The monoisotopic (exact) mass is 316 g/mol. The van der Waals surface area contributed by atoms with Crippen LogP contribution in [-0.4, -0.2) is 58.5 Å². The third kappa shape index (κ3) is 8.43. The second kappa shape index (κ2) is 8.75. The first-order valence-electron chi connectivity index (χ1n) is 7.99. The van der Waals surface area contributed by atoms with Gasteiger partial charge in [0.1, 0.15) is 6.61 Å². The average molecular weight is 317 g/mol. The van der Waals surface area contributed by atoms with Crippen molar-refractivity contribution < 1.29 is 14.3 Å². The fourth-order valence-electron chi connectivity index (χ4n) is 2.37. The smallest absolute Gasteiger partial charge is 0.409 e. The Hall–Kier alpha value is -0.593. The molecule has 0 aromatic carbocycles. The first-order chi connectivity index (χ1) is 9.78. The number of carbonyl (C=O) groups is 1. The summed E-state index contributed by atoms with van der Waals surface area (Å²) in [5, 5.41) is 0. The third-order valence-corrected chi connectivity index (χ3v) is 5.54. The Labute approximate surface area is 130 Å². The summed E-state index contributed by atoms with van der Waals surface area (Å²) < 4.78 is 10.8. The maximum absolute atomic E-state index is 11.9. The van der Waals surface area contributed by atoms with E-state index in [-0.39, 0.29) is 12.1 Å². The van der Waals surface area contributed by atoms with Crippen LogP contribution in [0.25, 0.3) is 0 Å². The first-order valence-corrected chi connectivity index (χ1v) is 11.7. The highest BCUT2D eigenvalue weighted by Gasteiger charge is 2.20. The molecule has 0 saturated carbocycles. The van der Waals surface area contributed by atoms with Gasteiger partial charge in [0.25, 0.3) is 0 Å². The Bertz CT molecular complexity index is 315. The van der Waals surface area contributed by atoms with Crippen LogP contribution in [0.5, 0.6) is 0 Å². The van der Waals surface area contributed by atoms with E-state index in [0.29, 0.717) is 12.5 Å². The van der Waals surface area contributed by atoms with Crippen molar-refractivity contribution in [3.63, 3.8) is 0 Å². The molecule has 124 valence electrons. The van der Waals surface area contributed by atoms with E-state index in [4.69, 9.17) is 15.2 Å². The lowest BCUT2D eigenvalue weighted by Gasteiger charge is -2.25. The maximum Gasteiger partial charge on any atom is 0.409 e. The van der Waals surface area contributed by atoms with Gasteiger partial charge in [-0.05, 0) is 31.2 Å². The highest BCUT2D eigenvalue weighted by atomic mass is 28.3. The lowest BCUT2D eigenvalue weighted by Crippen LogP contribution is -2.37. The fraction of sp³-hybridized carbons (Fsp3) is 0.933. The van der Waals surface area contributed by atoms with E-state index >= 15 is 0 Å². The van der Waals surface area contributed by atoms with Crippen LogP contribution in [0, 0.1) is 5.92 Å². The van der Waals surface area contributed by atoms with Crippen LogP contribution >= 0.6 is 0 Å². The highest BCUT2D eigenvalue weighted by molar-refractivity contribution is 6.76. The number of nitrogens with zero attached hydrogens (tertiary/aromatic N) is 1. The van der Waals surface area contributed by atoms with Gasteiger partial charge >= 0.3 is 6.09 Å². The van der Waals surface area contributed by atoms with Crippen molar-refractivity contribution in [2.75, 3.05) is 33.4 Å². The lowest BCUT2D eigenvalue weighted by molar-refractivity contribution is 0.0438. The number of hydrogen-bond acceptors (Lipinski definition) is 4. The van der Waals surface area contributed by atoms with E-state index in [1.807, 2.05) is 0 Å². The van der Waals surface area contributed by atoms with Crippen LogP contribution in [0.1, 0.15) is 19.3 Å². The molecule has 0 aliphatic carbocycles. The molecule has 1 saturated heterocycles. The third-order valence-electron chi connectivity index (χ3n) is 3.82. The van der Waals surface area contributed by atoms with Gasteiger partial charge in [-0.15, -0.1) is 0 Å². The zero-order chi connectivity index (χ0) is 15.9. The molecule has 1 amide bonds. The van der Waals surface area contributed by atoms with Gasteiger partial charge in [0.2, 0.25) is 0 Å². The van der Waals surface area contributed by atoms with Gasteiger partial charge in [0.15, 0.2) is 0 Å². The van der Waals surface area contributed by atoms with Crippen LogP contribution in [0.4, 0.5) is 4.79 Å². The second-order valence-corrected chi connectivity index (χ2v) is 13.0. The number of amides is 1. The summed E-state index contributed by atoms with van der Waals surface area (Å²) in [5.41, 5.74) is 6.05. The minimum Gasteiger partial charge on any atom is -0.448 e. The first kappa shape index (κ1) is 18.5. The van der Waals surface area contributed by atoms with Gasteiger partial charge < -0.3 is 20.1 Å². The van der Waals surface area contributed by atoms with Gasteiger partial charge in [-0.25, -0.2) is 4.79 Å². The molecule has 1 rings (SSSR count). The van der Waals surface area contributed by atoms with Crippen molar-refractivity contribution >= 4 is 14.2 Å². The Kier molecular flexibility index (Phi) is 7.69. The van der Waals surface area contributed by atoms with Crippen LogP contribution in [0.2, 0.25) is 25.7 Å². The molecule has 1 aliphatic rings. The molecule has 2 N–H and O–H groups in total. The van der Waals surface area contributed by atoms with Gasteiger partial charge in [0, 0.05) is 40.9 Å². The molecule has 1 aliphatic heterocycles. The normalized spacial score (nSPS) is 20.9. The molecular weight excluding hydrogens is 284 g/mol. The van der Waals surface area contributed by atoms with Crippen molar-refractivity contribution in [2.24, 2.45) is 11.7 Å². The molecule has 0 aromatic rings. The zero-order valence-electron chi connectivity index (χ0n) is 14.1. The molecule has 1 heterocycles. The summed E-state index contributed by atoms with van der Waals surface area (Å²) >= 11 is 0. The van der Waals surface area contributed by atoms with Crippen molar-refractivity contribution in [3.05, 3.63) is 0 Å². The summed E-state index contributed by atoms with van der Waals surface area (Å²) in [6, 6.07) is 0.996. The Morgan fingerprint density at radius 3 is 2.76 bits per heavy atom. The van der Waals surface area contributed by atoms with E-state index in [1.54, 1.807) is 11.9 Å². The summed E-state index contributed by atoms with van der Waals surface area (Å²) in [7, 11) is 0.666. The summed E-state index contributed by atoms with van der Waals surface area (Å²) in [5.74, 6) is 0.511. The standard InChI is InChI=1S/C15H32N2O3Si/c1-17(7-9-21(2,3)4)15(18)20-12-14(16)10-13-6-5-8-19-11-13/h13-14H,5-12,16H2,1-4H3/t13-,14+/m1/s1. The molecule has 1 fully saturated rings. The van der Waals surface area contributed by atoms with Gasteiger partial charge in [-0.3, -0.25) is 0 Å². The minimum absolute atomic E-state index is 0.0916. The van der Waals surface area contributed by atoms with Crippen LogP contribution in [-0.2, 0) is 9.47 Å². The molecular formula is C15H32N2O3Si. The SMILES string of the molecule is CN(CC[Si](C)(C)C)C(=O)OC[C@@H](N)C[C@H]1CCCOC1. The van der Waals surface area contributed by atoms with Crippen molar-refractivity contribution in [2.45, 2.75) is 51.0 Å². The molecule has 21 heavy (non-hydrogen) atoms. The number of ether oxygens (including phenoxy) is 2. The molecule has 0 radical (unpaired) electrons. The molecule has 6 heteroatoms. The topological polar surface area (TPSA) is 64.8 Å². The number of hydrogen-bond donors (Lipinski definition) is 1. The quantitative estimate of drug-likeness (QED) is 0.733. The number of carbonyl (C=O) groups excluding carboxylic acids is 1. The van der Waals surface area contributed by atoms with E-state index in [1.165, 1.54) is 0 Å². The van der Waals surface area contributed by atoms with Crippen LogP contribution in [0.15, 0.2) is 0 Å². The van der Waals surface area contributed by atoms with E-state index in [2.05, 4.69) is 19.6 Å². The van der Waals surface area contributed by atoms with Crippen LogP contribution in [0.3, 0.4) is 0 Å². The number of nitrogens with two attached hydrogens (primary N) is 1. The molecule has 0 bridgehead atoms. The predicted molar refractivity (Wildman–Crippen MR) is 88.3 cm³/mol. The zero-order valence-corrected chi connectivity index (χ0v) is 15.1. The number of rotatable bonds is 7. The van der Waals surface area contributed by atoms with Gasteiger partial charge in [-0.1, -0.05) is 19.6 Å². The van der Waals surface area contributed by atoms with Gasteiger partial charge in [-0.2, -0.15) is 0 Å². The summed E-state index contributed by atoms with van der Waals surface area (Å²) in [6.07, 6.45) is 2.88. The minimum atomic E-state index is -1.13. The molecule has 2 atom stereocenters. The summed E-state index contributed by atoms with van der Waals surface area (Å²) in [4.78, 5) is 13.6. The molecule has 0 spiro atoms. The van der Waals surface area contributed by atoms with Crippen molar-refractivity contribution in [1.82, 2.24) is 4.90 Å². The lowest BCUT2D eigenvalue weighted by atomic mass is 9.95. The largest absolute Gasteiger partial charge is 0.448 e. The van der Waals surface area contributed by atoms with E-state index in [0.717, 1.165) is 45.1 Å².